The molecule has 1 N–H and O–H groups in total. The summed E-state index contributed by atoms with van der Waals surface area (Å²) < 4.78 is 0. The van der Waals surface area contributed by atoms with Crippen molar-refractivity contribution in [3.8, 4) is 0 Å². The van der Waals surface area contributed by atoms with Crippen LogP contribution in [-0.2, 0) is 4.79 Å². The largest absolute Gasteiger partial charge is 0.391 e. The van der Waals surface area contributed by atoms with Gasteiger partial charge in [-0.15, -0.1) is 0 Å². The molecule has 0 aromatic rings. The van der Waals surface area contributed by atoms with E-state index in [9.17, 15) is 9.90 Å². The van der Waals surface area contributed by atoms with Crippen LogP contribution in [0.4, 0.5) is 0 Å². The summed E-state index contributed by atoms with van der Waals surface area (Å²) in [6.45, 7) is 9.72. The lowest BCUT2D eigenvalue weighted by Crippen LogP contribution is -2.49. The maximum absolute atomic E-state index is 12.3. The summed E-state index contributed by atoms with van der Waals surface area (Å²) in [5.74, 6) is 0.181. The van der Waals surface area contributed by atoms with Gasteiger partial charge in [-0.05, 0) is 27.3 Å². The molecule has 1 amide bonds. The van der Waals surface area contributed by atoms with Crippen molar-refractivity contribution in [2.75, 3.05) is 46.3 Å². The van der Waals surface area contributed by atoms with E-state index in [0.717, 1.165) is 32.7 Å². The Kier molecular flexibility index (Phi) is 4.48. The Bertz CT molecular complexity index is 325. The van der Waals surface area contributed by atoms with Crippen LogP contribution in [0.3, 0.4) is 0 Å². The summed E-state index contributed by atoms with van der Waals surface area (Å²) in [6.07, 6.45) is 0.882. The molecular formula is C14H27N3O2. The minimum absolute atomic E-state index is 0.181. The zero-order valence-corrected chi connectivity index (χ0v) is 12.4. The molecule has 1 atom stereocenters. The van der Waals surface area contributed by atoms with Crippen molar-refractivity contribution in [2.45, 2.75) is 38.3 Å². The number of hydrogen-bond donors (Lipinski definition) is 1. The minimum atomic E-state index is -0.404. The molecule has 0 aliphatic carbocycles. The topological polar surface area (TPSA) is 47.0 Å². The molecule has 2 heterocycles. The van der Waals surface area contributed by atoms with Crippen molar-refractivity contribution >= 4 is 5.91 Å². The van der Waals surface area contributed by atoms with Crippen molar-refractivity contribution in [3.05, 3.63) is 0 Å². The van der Waals surface area contributed by atoms with Gasteiger partial charge >= 0.3 is 0 Å². The zero-order chi connectivity index (χ0) is 14.0. The monoisotopic (exact) mass is 269 g/mol. The molecule has 0 spiro atoms. The van der Waals surface area contributed by atoms with Crippen LogP contribution in [0.25, 0.3) is 0 Å². The van der Waals surface area contributed by atoms with Gasteiger partial charge in [0.1, 0.15) is 0 Å². The first-order chi connectivity index (χ1) is 8.91. The van der Waals surface area contributed by atoms with Crippen LogP contribution in [0.15, 0.2) is 0 Å². The molecule has 0 radical (unpaired) electrons. The van der Waals surface area contributed by atoms with Crippen LogP contribution in [0.5, 0.6) is 0 Å². The van der Waals surface area contributed by atoms with Crippen LogP contribution in [0, 0.1) is 0 Å². The average Bonchev–Trinajstić information content (AvgIpc) is 2.63. The summed E-state index contributed by atoms with van der Waals surface area (Å²) in [5.41, 5.74) is -0.404. The second-order valence-electron chi connectivity index (χ2n) is 6.40. The highest BCUT2D eigenvalue weighted by molar-refractivity contribution is 5.77. The number of aliphatic hydroxyl groups excluding tert-OH is 1. The molecule has 5 heteroatoms. The van der Waals surface area contributed by atoms with Crippen molar-refractivity contribution in [3.63, 3.8) is 0 Å². The number of hydrogen-bond acceptors (Lipinski definition) is 4. The quantitative estimate of drug-likeness (QED) is 0.783. The molecule has 2 fully saturated rings. The van der Waals surface area contributed by atoms with Gasteiger partial charge < -0.3 is 19.8 Å². The summed E-state index contributed by atoms with van der Waals surface area (Å²) in [7, 11) is 2.14. The van der Waals surface area contributed by atoms with E-state index < -0.39 is 5.54 Å². The van der Waals surface area contributed by atoms with E-state index in [2.05, 4.69) is 16.8 Å². The average molecular weight is 269 g/mol. The van der Waals surface area contributed by atoms with Gasteiger partial charge in [-0.25, -0.2) is 0 Å². The van der Waals surface area contributed by atoms with E-state index >= 15 is 0 Å². The standard InChI is InChI=1S/C14H27N3O2/c1-14(2)12(18)4-7-17(14)13(19)5-6-16-10-8-15(3)9-11-16/h12,18H,4-11H2,1-3H3. The Balaban J connectivity index is 1.79. The van der Waals surface area contributed by atoms with Crippen LogP contribution in [-0.4, -0.2) is 83.7 Å². The number of carbonyl (C=O) groups is 1. The number of piperazine rings is 1. The van der Waals surface area contributed by atoms with Gasteiger partial charge in [0.2, 0.25) is 5.91 Å². The third-order valence-electron chi connectivity index (χ3n) is 4.68. The molecule has 1 unspecified atom stereocenters. The number of rotatable bonds is 3. The Hall–Kier alpha value is -0.650. The fourth-order valence-electron chi connectivity index (χ4n) is 2.98. The van der Waals surface area contributed by atoms with Crippen molar-refractivity contribution in [2.24, 2.45) is 0 Å². The van der Waals surface area contributed by atoms with E-state index in [1.54, 1.807) is 0 Å². The van der Waals surface area contributed by atoms with Gasteiger partial charge in [-0.2, -0.15) is 0 Å². The van der Waals surface area contributed by atoms with E-state index in [1.165, 1.54) is 0 Å². The first kappa shape index (κ1) is 14.8. The zero-order valence-electron chi connectivity index (χ0n) is 12.4. The lowest BCUT2D eigenvalue weighted by atomic mass is 9.98. The van der Waals surface area contributed by atoms with Gasteiger partial charge in [0, 0.05) is 45.7 Å². The first-order valence-electron chi connectivity index (χ1n) is 7.30. The summed E-state index contributed by atoms with van der Waals surface area (Å²) >= 11 is 0. The fraction of sp³-hybridized carbons (Fsp3) is 0.929. The van der Waals surface area contributed by atoms with E-state index in [4.69, 9.17) is 0 Å². The molecule has 110 valence electrons. The SMILES string of the molecule is CN1CCN(CCC(=O)N2CCC(O)C2(C)C)CC1. The second-order valence-corrected chi connectivity index (χ2v) is 6.40. The van der Waals surface area contributed by atoms with Crippen LogP contribution in [0.1, 0.15) is 26.7 Å². The number of amides is 1. The summed E-state index contributed by atoms with van der Waals surface area (Å²) in [5, 5.41) is 9.91. The van der Waals surface area contributed by atoms with Crippen LogP contribution in [0.2, 0.25) is 0 Å². The maximum Gasteiger partial charge on any atom is 0.224 e. The molecule has 0 aromatic carbocycles. The lowest BCUT2D eigenvalue weighted by Gasteiger charge is -2.35. The summed E-state index contributed by atoms with van der Waals surface area (Å²) in [4.78, 5) is 18.8. The molecule has 0 bridgehead atoms. The minimum Gasteiger partial charge on any atom is -0.391 e. The van der Waals surface area contributed by atoms with Gasteiger partial charge in [0.25, 0.3) is 0 Å². The van der Waals surface area contributed by atoms with Gasteiger partial charge in [0.15, 0.2) is 0 Å². The number of nitrogens with zero attached hydrogens (tertiary/aromatic N) is 3. The fourth-order valence-corrected chi connectivity index (χ4v) is 2.98. The van der Waals surface area contributed by atoms with Crippen LogP contribution < -0.4 is 0 Å². The Morgan fingerprint density at radius 3 is 2.37 bits per heavy atom. The summed E-state index contributed by atoms with van der Waals surface area (Å²) in [6, 6.07) is 0. The number of likely N-dealkylation sites (tertiary alicyclic amines) is 1. The second kappa shape index (κ2) is 5.77. The number of aliphatic hydroxyl groups is 1. The van der Waals surface area contributed by atoms with Crippen molar-refractivity contribution < 1.29 is 9.90 Å². The molecule has 0 aromatic heterocycles. The molecule has 5 nitrogen and oxygen atoms in total. The molecule has 2 aliphatic rings. The van der Waals surface area contributed by atoms with Gasteiger partial charge in [-0.1, -0.05) is 0 Å². The van der Waals surface area contributed by atoms with E-state index in [1.807, 2.05) is 18.7 Å². The molecule has 2 rings (SSSR count). The van der Waals surface area contributed by atoms with Gasteiger partial charge in [-0.3, -0.25) is 4.79 Å². The van der Waals surface area contributed by atoms with Gasteiger partial charge in [0.05, 0.1) is 11.6 Å². The Labute approximate surface area is 116 Å². The lowest BCUT2D eigenvalue weighted by molar-refractivity contribution is -0.136. The number of likely N-dealkylation sites (N-methyl/N-ethyl adjacent to an activating group) is 1. The predicted molar refractivity (Wildman–Crippen MR) is 75.0 cm³/mol. The maximum atomic E-state index is 12.3. The third-order valence-corrected chi connectivity index (χ3v) is 4.68. The molecular weight excluding hydrogens is 242 g/mol. The molecule has 19 heavy (non-hydrogen) atoms. The Morgan fingerprint density at radius 1 is 1.21 bits per heavy atom. The van der Waals surface area contributed by atoms with E-state index in [0.29, 0.717) is 19.4 Å². The normalized spacial score (nSPS) is 28.8. The smallest absolute Gasteiger partial charge is 0.224 e. The van der Waals surface area contributed by atoms with Crippen LogP contribution >= 0.6 is 0 Å². The number of carbonyl (C=O) groups excluding carboxylic acids is 1. The third kappa shape index (κ3) is 3.27. The van der Waals surface area contributed by atoms with Crippen molar-refractivity contribution in [1.29, 1.82) is 0 Å². The Morgan fingerprint density at radius 2 is 1.84 bits per heavy atom. The highest BCUT2D eigenvalue weighted by Gasteiger charge is 2.42. The molecule has 2 saturated heterocycles. The first-order valence-corrected chi connectivity index (χ1v) is 7.30. The highest BCUT2D eigenvalue weighted by Crippen LogP contribution is 2.29. The van der Waals surface area contributed by atoms with E-state index in [-0.39, 0.29) is 12.0 Å². The highest BCUT2D eigenvalue weighted by atomic mass is 16.3. The predicted octanol–water partition coefficient (Wildman–Crippen LogP) is -0.00430. The van der Waals surface area contributed by atoms with Crippen molar-refractivity contribution in [1.82, 2.24) is 14.7 Å². The molecule has 2 aliphatic heterocycles. The molecule has 0 saturated carbocycles.